The van der Waals surface area contributed by atoms with Crippen LogP contribution in [0.2, 0.25) is 0 Å². The van der Waals surface area contributed by atoms with Crippen molar-refractivity contribution in [3.05, 3.63) is 89.0 Å². The van der Waals surface area contributed by atoms with Gasteiger partial charge in [-0.15, -0.1) is 0 Å². The number of carbonyl (C=O) groups excluding carboxylic acids is 2. The van der Waals surface area contributed by atoms with Crippen molar-refractivity contribution in [3.63, 3.8) is 0 Å². The van der Waals surface area contributed by atoms with Gasteiger partial charge in [0.1, 0.15) is 5.92 Å². The molecule has 2 heterocycles. The van der Waals surface area contributed by atoms with Gasteiger partial charge in [0, 0.05) is 17.8 Å². The minimum Gasteiger partial charge on any atom is -0.490 e. The van der Waals surface area contributed by atoms with E-state index in [1.165, 1.54) is 0 Å². The Kier molecular flexibility index (Phi) is 6.54. The third kappa shape index (κ3) is 4.50. The van der Waals surface area contributed by atoms with Gasteiger partial charge in [0.25, 0.3) is 0 Å². The third-order valence-corrected chi connectivity index (χ3v) is 7.31. The molecule has 0 unspecified atom stereocenters. The van der Waals surface area contributed by atoms with E-state index in [-0.39, 0.29) is 11.9 Å². The van der Waals surface area contributed by atoms with Crippen LogP contribution in [-0.2, 0) is 11.2 Å². The number of para-hydroxylation sites is 1. The van der Waals surface area contributed by atoms with Gasteiger partial charge in [-0.1, -0.05) is 60.2 Å². The van der Waals surface area contributed by atoms with Crippen LogP contribution in [-0.4, -0.2) is 35.7 Å². The highest BCUT2D eigenvalue weighted by Gasteiger charge is 2.60. The summed E-state index contributed by atoms with van der Waals surface area (Å²) < 4.78 is 12.5. The lowest BCUT2D eigenvalue weighted by Gasteiger charge is -2.54. The second-order valence-corrected chi connectivity index (χ2v) is 9.86. The first-order chi connectivity index (χ1) is 17.8. The molecule has 0 saturated carbocycles. The molecule has 0 radical (unpaired) electrons. The number of carbonyl (C=O) groups is 2. The number of amides is 3. The van der Waals surface area contributed by atoms with Gasteiger partial charge in [0.2, 0.25) is 5.91 Å². The summed E-state index contributed by atoms with van der Waals surface area (Å²) >= 11 is 0. The Balaban J connectivity index is 1.55. The zero-order valence-corrected chi connectivity index (χ0v) is 21.7. The predicted octanol–water partition coefficient (Wildman–Crippen LogP) is 5.37. The molecule has 3 aromatic carbocycles. The van der Waals surface area contributed by atoms with E-state index in [2.05, 4.69) is 10.6 Å². The molecule has 5 rings (SSSR count). The van der Waals surface area contributed by atoms with Gasteiger partial charge in [-0.25, -0.2) is 4.79 Å². The summed E-state index contributed by atoms with van der Waals surface area (Å²) in [6.45, 7) is 8.60. The first-order valence-corrected chi connectivity index (χ1v) is 12.8. The molecule has 192 valence electrons. The standard InChI is InChI=1S/C30H33N3O4/c1-5-36-24-13-9-12-22-26-25(28(34)31-23-15-14-19(2)18-20(23)3)30(4,37-27(22)24)33(29(35)32-26)17-16-21-10-7-6-8-11-21/h6-15,18,25-26H,5,16-17H2,1-4H3,(H,31,34)(H,32,35)/t25-,26+,30-/m0/s1. The topological polar surface area (TPSA) is 79.9 Å². The summed E-state index contributed by atoms with van der Waals surface area (Å²) in [6.07, 6.45) is 0.628. The molecule has 2 N–H and O–H groups in total. The van der Waals surface area contributed by atoms with Gasteiger partial charge < -0.3 is 20.1 Å². The van der Waals surface area contributed by atoms with Crippen LogP contribution in [0.15, 0.2) is 66.7 Å². The summed E-state index contributed by atoms with van der Waals surface area (Å²) in [5, 5.41) is 6.23. The third-order valence-electron chi connectivity index (χ3n) is 7.31. The largest absolute Gasteiger partial charge is 0.490 e. The molecule has 0 aliphatic carbocycles. The summed E-state index contributed by atoms with van der Waals surface area (Å²) in [5.74, 6) is 0.253. The van der Waals surface area contributed by atoms with Crippen molar-refractivity contribution in [2.75, 3.05) is 18.5 Å². The van der Waals surface area contributed by atoms with Crippen molar-refractivity contribution in [3.8, 4) is 11.5 Å². The fourth-order valence-electron chi connectivity index (χ4n) is 5.48. The maximum Gasteiger partial charge on any atom is 0.321 e. The normalized spacial score (nSPS) is 21.9. The molecule has 1 fully saturated rings. The van der Waals surface area contributed by atoms with Gasteiger partial charge in [-0.05, 0) is 57.4 Å². The Morgan fingerprint density at radius 1 is 1.11 bits per heavy atom. The average Bonchev–Trinajstić information content (AvgIpc) is 2.86. The molecule has 2 aliphatic rings. The van der Waals surface area contributed by atoms with Crippen LogP contribution < -0.4 is 20.1 Å². The molecule has 1 saturated heterocycles. The number of anilines is 1. The highest BCUT2D eigenvalue weighted by molar-refractivity contribution is 5.96. The van der Waals surface area contributed by atoms with E-state index in [9.17, 15) is 9.59 Å². The Labute approximate surface area is 217 Å². The molecular weight excluding hydrogens is 466 g/mol. The smallest absolute Gasteiger partial charge is 0.321 e. The average molecular weight is 500 g/mol. The number of nitrogens with zero attached hydrogens (tertiary/aromatic N) is 1. The quantitative estimate of drug-likeness (QED) is 0.458. The highest BCUT2D eigenvalue weighted by atomic mass is 16.5. The summed E-state index contributed by atoms with van der Waals surface area (Å²) in [4.78, 5) is 29.1. The fourth-order valence-corrected chi connectivity index (χ4v) is 5.48. The monoisotopic (exact) mass is 499 g/mol. The van der Waals surface area contributed by atoms with Gasteiger partial charge in [0.15, 0.2) is 17.2 Å². The second-order valence-electron chi connectivity index (χ2n) is 9.86. The fraction of sp³-hybridized carbons (Fsp3) is 0.333. The molecule has 0 spiro atoms. The van der Waals surface area contributed by atoms with E-state index >= 15 is 0 Å². The maximum atomic E-state index is 14.0. The van der Waals surface area contributed by atoms with E-state index in [0.29, 0.717) is 31.1 Å². The van der Waals surface area contributed by atoms with Gasteiger partial charge in [-0.2, -0.15) is 0 Å². The lowest BCUT2D eigenvalue weighted by Crippen LogP contribution is -2.72. The molecule has 7 heteroatoms. The van der Waals surface area contributed by atoms with E-state index in [1.54, 1.807) is 4.90 Å². The summed E-state index contributed by atoms with van der Waals surface area (Å²) in [7, 11) is 0. The van der Waals surface area contributed by atoms with Gasteiger partial charge in [0.05, 0.1) is 12.6 Å². The number of hydrogen-bond acceptors (Lipinski definition) is 4. The van der Waals surface area contributed by atoms with Crippen molar-refractivity contribution < 1.29 is 19.1 Å². The van der Waals surface area contributed by atoms with E-state index in [0.717, 1.165) is 27.9 Å². The summed E-state index contributed by atoms with van der Waals surface area (Å²) in [5.41, 5.74) is 3.45. The maximum absolute atomic E-state index is 14.0. The number of benzene rings is 3. The molecule has 3 atom stereocenters. The van der Waals surface area contributed by atoms with E-state index in [4.69, 9.17) is 9.47 Å². The number of fused-ring (bicyclic) bond motifs is 4. The molecule has 2 bridgehead atoms. The minimum atomic E-state index is -1.23. The van der Waals surface area contributed by atoms with Crippen molar-refractivity contribution in [2.45, 2.75) is 45.9 Å². The van der Waals surface area contributed by atoms with Crippen molar-refractivity contribution in [1.29, 1.82) is 0 Å². The lowest BCUT2D eigenvalue weighted by molar-refractivity contribution is -0.154. The Morgan fingerprint density at radius 3 is 2.62 bits per heavy atom. The van der Waals surface area contributed by atoms with Crippen LogP contribution in [0.3, 0.4) is 0 Å². The molecule has 7 nitrogen and oxygen atoms in total. The minimum absolute atomic E-state index is 0.211. The molecule has 3 amide bonds. The number of urea groups is 1. The number of ether oxygens (including phenoxy) is 2. The number of aryl methyl sites for hydroxylation is 2. The van der Waals surface area contributed by atoms with Crippen LogP contribution >= 0.6 is 0 Å². The van der Waals surface area contributed by atoms with Crippen molar-refractivity contribution in [2.24, 2.45) is 5.92 Å². The molecule has 37 heavy (non-hydrogen) atoms. The zero-order chi connectivity index (χ0) is 26.2. The highest BCUT2D eigenvalue weighted by Crippen LogP contribution is 2.51. The first kappa shape index (κ1) is 24.7. The first-order valence-electron chi connectivity index (χ1n) is 12.8. The Hall–Kier alpha value is -4.00. The van der Waals surface area contributed by atoms with E-state index in [1.807, 2.05) is 94.4 Å². The molecule has 3 aromatic rings. The van der Waals surface area contributed by atoms with Gasteiger partial charge >= 0.3 is 6.03 Å². The van der Waals surface area contributed by atoms with E-state index < -0.39 is 17.7 Å². The van der Waals surface area contributed by atoms with Crippen LogP contribution in [0, 0.1) is 19.8 Å². The lowest BCUT2D eigenvalue weighted by atomic mass is 9.78. The van der Waals surface area contributed by atoms with Gasteiger partial charge in [-0.3, -0.25) is 9.69 Å². The number of hydrogen-bond donors (Lipinski definition) is 2. The zero-order valence-electron chi connectivity index (χ0n) is 21.7. The van der Waals surface area contributed by atoms with Crippen molar-refractivity contribution >= 4 is 17.6 Å². The van der Waals surface area contributed by atoms with Crippen LogP contribution in [0.4, 0.5) is 10.5 Å². The SMILES string of the molecule is CCOc1cccc2c1O[C@@]1(C)[C@H](C(=O)Nc3ccc(C)cc3C)[C@@H]2NC(=O)N1CCc1ccccc1. The molecular formula is C30H33N3O4. The second kappa shape index (κ2) is 9.81. The number of nitrogens with one attached hydrogen (secondary N) is 2. The Morgan fingerprint density at radius 2 is 1.89 bits per heavy atom. The predicted molar refractivity (Wildman–Crippen MR) is 143 cm³/mol. The number of rotatable bonds is 7. The van der Waals surface area contributed by atoms with Crippen molar-refractivity contribution in [1.82, 2.24) is 10.2 Å². The van der Waals surface area contributed by atoms with Crippen LogP contribution in [0.25, 0.3) is 0 Å². The summed E-state index contributed by atoms with van der Waals surface area (Å²) in [6, 6.07) is 20.7. The Bertz CT molecular complexity index is 1330. The van der Waals surface area contributed by atoms with Crippen LogP contribution in [0.1, 0.15) is 42.1 Å². The molecule has 0 aromatic heterocycles. The van der Waals surface area contributed by atoms with Crippen LogP contribution in [0.5, 0.6) is 11.5 Å². The molecule has 2 aliphatic heterocycles.